The molecular weight excluding hydrogens is 342 g/mol. The Morgan fingerprint density at radius 2 is 2.08 bits per heavy atom. The van der Waals surface area contributed by atoms with E-state index in [1.165, 1.54) is 6.33 Å². The van der Waals surface area contributed by atoms with Crippen molar-refractivity contribution in [2.24, 2.45) is 0 Å². The Balaban J connectivity index is 1.65. The minimum absolute atomic E-state index is 0.0602. The first kappa shape index (κ1) is 15.9. The third-order valence-corrected chi connectivity index (χ3v) is 4.28. The number of hydrogen-bond acceptors (Lipinski definition) is 5. The highest BCUT2D eigenvalue weighted by Crippen LogP contribution is 2.25. The van der Waals surface area contributed by atoms with Crippen molar-refractivity contribution in [3.8, 4) is 0 Å². The van der Waals surface area contributed by atoms with Gasteiger partial charge in [-0.15, -0.1) is 0 Å². The number of nitrogens with one attached hydrogen (secondary N) is 2. The van der Waals surface area contributed by atoms with E-state index in [0.29, 0.717) is 48.5 Å². The van der Waals surface area contributed by atoms with Crippen LogP contribution in [-0.2, 0) is 4.74 Å². The molecule has 0 unspecified atom stereocenters. The zero-order valence-corrected chi connectivity index (χ0v) is 14.1. The predicted molar refractivity (Wildman–Crippen MR) is 95.3 cm³/mol. The molecule has 0 bridgehead atoms. The fraction of sp³-hybridized carbons (Fsp3) is 0.235. The van der Waals surface area contributed by atoms with Crippen molar-refractivity contribution >= 4 is 40.0 Å². The second-order valence-electron chi connectivity index (χ2n) is 5.71. The smallest absolute Gasteiger partial charge is 0.270 e. The van der Waals surface area contributed by atoms with E-state index in [-0.39, 0.29) is 5.91 Å². The van der Waals surface area contributed by atoms with Crippen LogP contribution in [0.15, 0.2) is 36.7 Å². The molecule has 3 heterocycles. The highest BCUT2D eigenvalue weighted by Gasteiger charge is 2.21. The maximum absolute atomic E-state index is 12.6. The van der Waals surface area contributed by atoms with Crippen LogP contribution in [0.3, 0.4) is 0 Å². The summed E-state index contributed by atoms with van der Waals surface area (Å²) in [7, 11) is 0. The van der Waals surface area contributed by atoms with Crippen LogP contribution in [0.25, 0.3) is 11.0 Å². The monoisotopic (exact) mass is 357 g/mol. The molecular formula is C17H16ClN5O2. The van der Waals surface area contributed by atoms with Gasteiger partial charge in [-0.25, -0.2) is 9.97 Å². The second-order valence-corrected chi connectivity index (χ2v) is 6.14. The number of rotatable bonds is 3. The van der Waals surface area contributed by atoms with Gasteiger partial charge in [-0.05, 0) is 24.3 Å². The third kappa shape index (κ3) is 3.29. The number of ether oxygens (including phenoxy) is 1. The fourth-order valence-corrected chi connectivity index (χ4v) is 2.98. The summed E-state index contributed by atoms with van der Waals surface area (Å²) >= 11 is 6.02. The van der Waals surface area contributed by atoms with Crippen molar-refractivity contribution in [1.82, 2.24) is 19.9 Å². The molecule has 2 N–H and O–H groups in total. The van der Waals surface area contributed by atoms with Crippen molar-refractivity contribution < 1.29 is 9.53 Å². The molecule has 0 radical (unpaired) electrons. The Labute approximate surface area is 149 Å². The van der Waals surface area contributed by atoms with Crippen molar-refractivity contribution in [2.45, 2.75) is 0 Å². The van der Waals surface area contributed by atoms with Crippen molar-refractivity contribution in [3.63, 3.8) is 0 Å². The Hall–Kier alpha value is -2.64. The third-order valence-electron chi connectivity index (χ3n) is 4.04. The number of aromatic nitrogens is 3. The summed E-state index contributed by atoms with van der Waals surface area (Å²) in [6.45, 7) is 2.31. The van der Waals surface area contributed by atoms with E-state index in [1.54, 1.807) is 17.0 Å². The molecule has 3 aromatic rings. The number of benzene rings is 1. The maximum Gasteiger partial charge on any atom is 0.270 e. The lowest BCUT2D eigenvalue weighted by atomic mass is 10.2. The van der Waals surface area contributed by atoms with E-state index >= 15 is 0 Å². The summed E-state index contributed by atoms with van der Waals surface area (Å²) < 4.78 is 5.29. The molecule has 0 atom stereocenters. The molecule has 1 aliphatic heterocycles. The number of nitrogens with zero attached hydrogens (tertiary/aromatic N) is 3. The van der Waals surface area contributed by atoms with Gasteiger partial charge in [0.25, 0.3) is 5.91 Å². The van der Waals surface area contributed by atoms with Gasteiger partial charge >= 0.3 is 0 Å². The summed E-state index contributed by atoms with van der Waals surface area (Å²) in [6.07, 6.45) is 1.45. The fourth-order valence-electron chi connectivity index (χ4n) is 2.79. The highest BCUT2D eigenvalue weighted by atomic mass is 35.5. The van der Waals surface area contributed by atoms with Crippen LogP contribution in [0, 0.1) is 0 Å². The molecule has 0 saturated carbocycles. The second kappa shape index (κ2) is 6.70. The van der Waals surface area contributed by atoms with E-state index in [2.05, 4.69) is 20.3 Å². The number of hydrogen-bond donors (Lipinski definition) is 2. The summed E-state index contributed by atoms with van der Waals surface area (Å²) in [4.78, 5) is 26.0. The Morgan fingerprint density at radius 3 is 2.88 bits per heavy atom. The summed E-state index contributed by atoms with van der Waals surface area (Å²) in [5.74, 6) is 0.555. The summed E-state index contributed by atoms with van der Waals surface area (Å²) in [5.41, 5.74) is 1.91. The molecule has 4 rings (SSSR count). The number of anilines is 2. The van der Waals surface area contributed by atoms with Crippen molar-refractivity contribution in [3.05, 3.63) is 47.4 Å². The zero-order chi connectivity index (χ0) is 17.2. The number of carbonyl (C=O) groups is 1. The number of carbonyl (C=O) groups excluding carboxylic acids is 1. The lowest BCUT2D eigenvalue weighted by molar-refractivity contribution is 0.0299. The first-order chi connectivity index (χ1) is 12.2. The quantitative estimate of drug-likeness (QED) is 0.753. The van der Waals surface area contributed by atoms with Crippen molar-refractivity contribution in [1.29, 1.82) is 0 Å². The van der Waals surface area contributed by atoms with Gasteiger partial charge in [0.2, 0.25) is 0 Å². The molecule has 7 nitrogen and oxygen atoms in total. The molecule has 1 aliphatic rings. The average Bonchev–Trinajstić information content (AvgIpc) is 3.07. The van der Waals surface area contributed by atoms with Gasteiger partial charge in [-0.1, -0.05) is 17.7 Å². The minimum Gasteiger partial charge on any atom is -0.378 e. The standard InChI is InChI=1S/C17H16ClN5O2/c18-11-2-1-3-12(8-11)21-15-13-9-14(22-16(13)20-10-19-15)17(24)23-4-6-25-7-5-23/h1-3,8-10H,4-7H2,(H2,19,20,21,22). The molecule has 25 heavy (non-hydrogen) atoms. The largest absolute Gasteiger partial charge is 0.378 e. The number of H-pyrrole nitrogens is 1. The van der Waals surface area contributed by atoms with Crippen LogP contribution < -0.4 is 5.32 Å². The topological polar surface area (TPSA) is 83.1 Å². The summed E-state index contributed by atoms with van der Waals surface area (Å²) in [5, 5.41) is 4.60. The van der Waals surface area contributed by atoms with E-state index in [4.69, 9.17) is 16.3 Å². The molecule has 1 amide bonds. The van der Waals surface area contributed by atoms with Crippen molar-refractivity contribution in [2.75, 3.05) is 31.6 Å². The van der Waals surface area contributed by atoms with E-state index < -0.39 is 0 Å². The van der Waals surface area contributed by atoms with Gasteiger partial charge < -0.3 is 19.9 Å². The predicted octanol–water partition coefficient (Wildman–Crippen LogP) is 2.83. The van der Waals surface area contributed by atoms with Crippen LogP contribution >= 0.6 is 11.6 Å². The van der Waals surface area contributed by atoms with Gasteiger partial charge in [-0.3, -0.25) is 4.79 Å². The Bertz CT molecular complexity index is 920. The van der Waals surface area contributed by atoms with E-state index in [0.717, 1.165) is 11.1 Å². The van der Waals surface area contributed by atoms with Crippen LogP contribution in [-0.4, -0.2) is 52.1 Å². The maximum atomic E-state index is 12.6. The molecule has 1 aromatic carbocycles. The van der Waals surface area contributed by atoms with Crippen LogP contribution in [0.2, 0.25) is 5.02 Å². The first-order valence-corrected chi connectivity index (χ1v) is 8.32. The van der Waals surface area contributed by atoms with E-state index in [1.807, 2.05) is 18.2 Å². The number of halogens is 1. The van der Waals surface area contributed by atoms with Gasteiger partial charge in [0.1, 0.15) is 23.5 Å². The normalized spacial score (nSPS) is 14.7. The van der Waals surface area contributed by atoms with Crippen LogP contribution in [0.5, 0.6) is 0 Å². The molecule has 2 aromatic heterocycles. The average molecular weight is 358 g/mol. The van der Waals surface area contributed by atoms with Gasteiger partial charge in [0, 0.05) is 23.8 Å². The number of morpholine rings is 1. The molecule has 128 valence electrons. The lowest BCUT2D eigenvalue weighted by Crippen LogP contribution is -2.40. The SMILES string of the molecule is O=C(c1cc2c(Nc3cccc(Cl)c3)ncnc2[nH]1)N1CCOCC1. The van der Waals surface area contributed by atoms with Crippen LogP contribution in [0.1, 0.15) is 10.5 Å². The van der Waals surface area contributed by atoms with Crippen LogP contribution in [0.4, 0.5) is 11.5 Å². The van der Waals surface area contributed by atoms with Gasteiger partial charge in [0.05, 0.1) is 18.6 Å². The molecule has 8 heteroatoms. The molecule has 0 spiro atoms. The molecule has 1 saturated heterocycles. The zero-order valence-electron chi connectivity index (χ0n) is 13.3. The number of fused-ring (bicyclic) bond motifs is 1. The Morgan fingerprint density at radius 1 is 1.24 bits per heavy atom. The first-order valence-electron chi connectivity index (χ1n) is 7.94. The van der Waals surface area contributed by atoms with E-state index in [9.17, 15) is 4.79 Å². The number of amides is 1. The lowest BCUT2D eigenvalue weighted by Gasteiger charge is -2.26. The minimum atomic E-state index is -0.0602. The number of aromatic amines is 1. The van der Waals surface area contributed by atoms with Gasteiger partial charge in [0.15, 0.2) is 0 Å². The molecule has 0 aliphatic carbocycles. The van der Waals surface area contributed by atoms with Gasteiger partial charge in [-0.2, -0.15) is 0 Å². The summed E-state index contributed by atoms with van der Waals surface area (Å²) in [6, 6.07) is 9.14. The molecule has 1 fully saturated rings. The highest BCUT2D eigenvalue weighted by molar-refractivity contribution is 6.30. The Kier molecular flexibility index (Phi) is 4.25.